The van der Waals surface area contributed by atoms with Gasteiger partial charge < -0.3 is 10.1 Å². The predicted octanol–water partition coefficient (Wildman–Crippen LogP) is 2.55. The molecular weight excluding hydrogens is 264 g/mol. The van der Waals surface area contributed by atoms with Crippen molar-refractivity contribution in [3.63, 3.8) is 0 Å². The topological polar surface area (TPSA) is 49.9 Å². The lowest BCUT2D eigenvalue weighted by molar-refractivity contribution is 0.260. The number of halogens is 2. The molecule has 0 bridgehead atoms. The molecule has 1 aromatic heterocycles. The largest absolute Gasteiger partial charge is 0.489 e. The highest BCUT2D eigenvalue weighted by Crippen LogP contribution is 2.17. The summed E-state index contributed by atoms with van der Waals surface area (Å²) in [5.41, 5.74) is 2.08. The molecule has 6 heteroatoms. The van der Waals surface area contributed by atoms with Crippen molar-refractivity contribution in [3.05, 3.63) is 47.3 Å². The Labute approximate surface area is 116 Å². The van der Waals surface area contributed by atoms with E-state index in [9.17, 15) is 8.78 Å². The van der Waals surface area contributed by atoms with Gasteiger partial charge in [0.1, 0.15) is 12.4 Å². The van der Waals surface area contributed by atoms with Crippen molar-refractivity contribution in [1.82, 2.24) is 15.5 Å². The molecule has 0 saturated heterocycles. The van der Waals surface area contributed by atoms with Gasteiger partial charge in [0.2, 0.25) is 0 Å². The van der Waals surface area contributed by atoms with Gasteiger partial charge in [-0.15, -0.1) is 0 Å². The molecule has 0 radical (unpaired) electrons. The molecule has 2 N–H and O–H groups in total. The zero-order valence-electron chi connectivity index (χ0n) is 11.4. The van der Waals surface area contributed by atoms with Gasteiger partial charge in [0.25, 0.3) is 0 Å². The van der Waals surface area contributed by atoms with E-state index in [2.05, 4.69) is 15.5 Å². The average Bonchev–Trinajstić information content (AvgIpc) is 2.81. The summed E-state index contributed by atoms with van der Waals surface area (Å²) in [4.78, 5) is 0. The van der Waals surface area contributed by atoms with Gasteiger partial charge in [-0.05, 0) is 26.0 Å². The van der Waals surface area contributed by atoms with Crippen LogP contribution < -0.4 is 10.1 Å². The third-order valence-corrected chi connectivity index (χ3v) is 2.96. The van der Waals surface area contributed by atoms with Crippen molar-refractivity contribution in [2.24, 2.45) is 0 Å². The summed E-state index contributed by atoms with van der Waals surface area (Å²) in [5, 5.41) is 10.0. The van der Waals surface area contributed by atoms with Crippen LogP contribution in [0, 0.1) is 18.6 Å². The Morgan fingerprint density at radius 1 is 1.40 bits per heavy atom. The predicted molar refractivity (Wildman–Crippen MR) is 71.5 cm³/mol. The van der Waals surface area contributed by atoms with Crippen molar-refractivity contribution in [3.8, 4) is 5.75 Å². The van der Waals surface area contributed by atoms with Crippen LogP contribution in [-0.2, 0) is 6.54 Å². The first kappa shape index (κ1) is 14.5. The van der Waals surface area contributed by atoms with E-state index in [0.29, 0.717) is 13.2 Å². The standard InChI is InChI=1S/C14H17F2N3O/c1-9(17-6-11-7-18-19-10(11)2)8-20-14-4-3-12(15)5-13(14)16/h3-5,7,9,17H,6,8H2,1-2H3,(H,18,19)/t9-/m0/s1. The number of aryl methyl sites for hydroxylation is 1. The SMILES string of the molecule is Cc1[nH]ncc1CN[C@@H](C)COc1ccc(F)cc1F. The van der Waals surface area contributed by atoms with Crippen molar-refractivity contribution in [2.45, 2.75) is 26.4 Å². The zero-order valence-corrected chi connectivity index (χ0v) is 11.4. The van der Waals surface area contributed by atoms with Crippen LogP contribution in [0.3, 0.4) is 0 Å². The fourth-order valence-corrected chi connectivity index (χ4v) is 1.70. The number of aromatic amines is 1. The first-order valence-corrected chi connectivity index (χ1v) is 6.36. The van der Waals surface area contributed by atoms with Crippen molar-refractivity contribution < 1.29 is 13.5 Å². The molecule has 0 aliphatic heterocycles. The first-order chi connectivity index (χ1) is 9.56. The van der Waals surface area contributed by atoms with Crippen molar-refractivity contribution in [2.75, 3.05) is 6.61 Å². The lowest BCUT2D eigenvalue weighted by Gasteiger charge is -2.15. The number of hydrogen-bond donors (Lipinski definition) is 2. The van der Waals surface area contributed by atoms with Gasteiger partial charge in [0.15, 0.2) is 11.6 Å². The maximum absolute atomic E-state index is 13.4. The number of nitrogens with one attached hydrogen (secondary N) is 2. The van der Waals surface area contributed by atoms with Crippen LogP contribution >= 0.6 is 0 Å². The number of nitrogens with zero attached hydrogens (tertiary/aromatic N) is 1. The molecule has 0 aliphatic carbocycles. The molecular formula is C14H17F2N3O. The molecule has 0 saturated carbocycles. The van der Waals surface area contributed by atoms with E-state index in [1.807, 2.05) is 13.8 Å². The molecule has 0 amide bonds. The van der Waals surface area contributed by atoms with E-state index >= 15 is 0 Å². The molecule has 2 rings (SSSR count). The maximum atomic E-state index is 13.4. The van der Waals surface area contributed by atoms with Gasteiger partial charge in [-0.3, -0.25) is 5.10 Å². The summed E-state index contributed by atoms with van der Waals surface area (Å²) in [6.07, 6.45) is 1.76. The van der Waals surface area contributed by atoms with Crippen LogP contribution in [0.4, 0.5) is 8.78 Å². The smallest absolute Gasteiger partial charge is 0.167 e. The summed E-state index contributed by atoms with van der Waals surface area (Å²) in [7, 11) is 0. The molecule has 1 aromatic carbocycles. The summed E-state index contributed by atoms with van der Waals surface area (Å²) < 4.78 is 31.4. The number of aromatic nitrogens is 2. The van der Waals surface area contributed by atoms with E-state index in [1.165, 1.54) is 12.1 Å². The number of benzene rings is 1. The third kappa shape index (κ3) is 3.77. The van der Waals surface area contributed by atoms with Crippen LogP contribution in [0.2, 0.25) is 0 Å². The minimum absolute atomic E-state index is 0.0220. The first-order valence-electron chi connectivity index (χ1n) is 6.36. The lowest BCUT2D eigenvalue weighted by atomic mass is 10.2. The molecule has 2 aromatic rings. The van der Waals surface area contributed by atoms with Gasteiger partial charge in [-0.2, -0.15) is 5.10 Å². The zero-order chi connectivity index (χ0) is 14.5. The Bertz CT molecular complexity index is 571. The fourth-order valence-electron chi connectivity index (χ4n) is 1.70. The summed E-state index contributed by atoms with van der Waals surface area (Å²) in [6, 6.07) is 3.29. The van der Waals surface area contributed by atoms with Gasteiger partial charge >= 0.3 is 0 Å². The minimum atomic E-state index is -0.692. The van der Waals surface area contributed by atoms with E-state index in [4.69, 9.17) is 4.74 Å². The quantitative estimate of drug-likeness (QED) is 0.855. The fraction of sp³-hybridized carbons (Fsp3) is 0.357. The normalized spacial score (nSPS) is 12.4. The van der Waals surface area contributed by atoms with Crippen molar-refractivity contribution in [1.29, 1.82) is 0 Å². The second kappa shape index (κ2) is 6.47. The van der Waals surface area contributed by atoms with Crippen LogP contribution in [-0.4, -0.2) is 22.8 Å². The van der Waals surface area contributed by atoms with Gasteiger partial charge in [-0.25, -0.2) is 8.78 Å². The molecule has 20 heavy (non-hydrogen) atoms. The number of hydrogen-bond acceptors (Lipinski definition) is 3. The van der Waals surface area contributed by atoms with E-state index in [0.717, 1.165) is 17.3 Å². The Morgan fingerprint density at radius 2 is 2.20 bits per heavy atom. The number of rotatable bonds is 6. The number of ether oxygens (including phenoxy) is 1. The highest BCUT2D eigenvalue weighted by molar-refractivity contribution is 5.24. The third-order valence-electron chi connectivity index (χ3n) is 2.96. The average molecular weight is 281 g/mol. The van der Waals surface area contributed by atoms with E-state index < -0.39 is 11.6 Å². The maximum Gasteiger partial charge on any atom is 0.167 e. The Balaban J connectivity index is 1.80. The summed E-state index contributed by atoms with van der Waals surface area (Å²) in [5.74, 6) is -1.25. The van der Waals surface area contributed by atoms with E-state index in [1.54, 1.807) is 6.20 Å². The second-order valence-electron chi connectivity index (χ2n) is 4.69. The van der Waals surface area contributed by atoms with Gasteiger partial charge in [0, 0.05) is 29.9 Å². The lowest BCUT2D eigenvalue weighted by Crippen LogP contribution is -2.31. The Kier molecular flexibility index (Phi) is 4.68. The molecule has 0 aliphatic rings. The summed E-state index contributed by atoms with van der Waals surface area (Å²) >= 11 is 0. The van der Waals surface area contributed by atoms with Crippen molar-refractivity contribution >= 4 is 0 Å². The van der Waals surface area contributed by atoms with Crippen LogP contribution in [0.15, 0.2) is 24.4 Å². The Morgan fingerprint density at radius 3 is 2.85 bits per heavy atom. The van der Waals surface area contributed by atoms with E-state index in [-0.39, 0.29) is 11.8 Å². The molecule has 0 unspecified atom stereocenters. The van der Waals surface area contributed by atoms with Crippen LogP contribution in [0.1, 0.15) is 18.2 Å². The molecule has 1 atom stereocenters. The molecule has 4 nitrogen and oxygen atoms in total. The molecule has 0 fully saturated rings. The highest BCUT2D eigenvalue weighted by atomic mass is 19.1. The minimum Gasteiger partial charge on any atom is -0.489 e. The molecule has 108 valence electrons. The van der Waals surface area contributed by atoms with Crippen LogP contribution in [0.25, 0.3) is 0 Å². The second-order valence-corrected chi connectivity index (χ2v) is 4.69. The molecule has 0 spiro atoms. The summed E-state index contributed by atoms with van der Waals surface area (Å²) in [6.45, 7) is 4.81. The van der Waals surface area contributed by atoms with Crippen LogP contribution in [0.5, 0.6) is 5.75 Å². The number of H-pyrrole nitrogens is 1. The van der Waals surface area contributed by atoms with Gasteiger partial charge in [-0.1, -0.05) is 0 Å². The highest BCUT2D eigenvalue weighted by Gasteiger charge is 2.08. The van der Waals surface area contributed by atoms with Gasteiger partial charge in [0.05, 0.1) is 6.20 Å². The Hall–Kier alpha value is -1.95. The molecule has 1 heterocycles. The monoisotopic (exact) mass is 281 g/mol.